The van der Waals surface area contributed by atoms with E-state index in [4.69, 9.17) is 0 Å². The molecule has 2 rings (SSSR count). The van der Waals surface area contributed by atoms with Crippen LogP contribution in [0.2, 0.25) is 0 Å². The van der Waals surface area contributed by atoms with Crippen molar-refractivity contribution in [3.05, 3.63) is 65.7 Å². The molecule has 0 saturated carbocycles. The highest BCUT2D eigenvalue weighted by molar-refractivity contribution is 6.09. The molecule has 0 fully saturated rings. The molecule has 5 heteroatoms. The van der Waals surface area contributed by atoms with Crippen LogP contribution in [0.4, 0.5) is 5.69 Å². The minimum absolute atomic E-state index is 0.0794. The molecule has 0 aromatic heterocycles. The highest BCUT2D eigenvalue weighted by Crippen LogP contribution is 2.20. The molecule has 0 heterocycles. The van der Waals surface area contributed by atoms with Gasteiger partial charge in [-0.3, -0.25) is 14.4 Å². The first-order valence-electron chi connectivity index (χ1n) is 13.7. The normalized spacial score (nSPS) is 11.7. The van der Waals surface area contributed by atoms with Crippen LogP contribution in [0, 0.1) is 5.92 Å². The topological polar surface area (TPSA) is 83.5 Å². The lowest BCUT2D eigenvalue weighted by Crippen LogP contribution is -2.25. The van der Waals surface area contributed by atoms with Crippen LogP contribution in [0.15, 0.2) is 54.6 Å². The number of carbonyl (C=O) groups excluding carboxylic acids is 2. The third-order valence-electron chi connectivity index (χ3n) is 6.65. The molecule has 2 aromatic carbocycles. The number of nitrogens with one attached hydrogen (secondary N) is 1. The summed E-state index contributed by atoms with van der Waals surface area (Å²) in [5.41, 5.74) is 1.71. The van der Waals surface area contributed by atoms with E-state index in [-0.39, 0.29) is 18.1 Å². The molecule has 2 N–H and O–H groups in total. The summed E-state index contributed by atoms with van der Waals surface area (Å²) < 4.78 is 0. The van der Waals surface area contributed by atoms with Crippen molar-refractivity contribution in [2.75, 3.05) is 5.32 Å². The lowest BCUT2D eigenvalue weighted by Gasteiger charge is -2.15. The number of hydrogen-bond donors (Lipinski definition) is 2. The third-order valence-corrected chi connectivity index (χ3v) is 6.65. The zero-order chi connectivity index (χ0) is 26.0. The molecule has 196 valence electrons. The van der Waals surface area contributed by atoms with Gasteiger partial charge in [-0.05, 0) is 30.7 Å². The van der Waals surface area contributed by atoms with E-state index in [1.165, 1.54) is 57.8 Å². The summed E-state index contributed by atoms with van der Waals surface area (Å²) in [4.78, 5) is 36.7. The van der Waals surface area contributed by atoms with Crippen molar-refractivity contribution in [1.82, 2.24) is 0 Å². The maximum atomic E-state index is 12.8. The van der Waals surface area contributed by atoms with Gasteiger partial charge in [0.15, 0.2) is 5.78 Å². The zero-order valence-electron chi connectivity index (χ0n) is 21.8. The predicted octanol–water partition coefficient (Wildman–Crippen LogP) is 8.04. The van der Waals surface area contributed by atoms with Gasteiger partial charge in [-0.15, -0.1) is 0 Å². The van der Waals surface area contributed by atoms with Crippen LogP contribution in [-0.4, -0.2) is 22.8 Å². The Morgan fingerprint density at radius 2 is 1.19 bits per heavy atom. The summed E-state index contributed by atoms with van der Waals surface area (Å²) in [7, 11) is 0. The quantitative estimate of drug-likeness (QED) is 0.153. The van der Waals surface area contributed by atoms with Crippen LogP contribution in [0.25, 0.3) is 0 Å². The Kier molecular flexibility index (Phi) is 14.2. The van der Waals surface area contributed by atoms with Gasteiger partial charge in [0.05, 0.1) is 6.42 Å². The van der Waals surface area contributed by atoms with Crippen LogP contribution in [0.3, 0.4) is 0 Å². The SMILES string of the molecule is CCCCCCCCCCCCCCC(CC(=O)O)C(=O)Nc1ccc(C(=O)c2ccccc2)cc1. The molecule has 1 atom stereocenters. The third kappa shape index (κ3) is 11.7. The minimum atomic E-state index is -0.960. The Labute approximate surface area is 216 Å². The molecule has 1 unspecified atom stereocenters. The molecule has 0 spiro atoms. The molecule has 0 bridgehead atoms. The number of anilines is 1. The van der Waals surface area contributed by atoms with Crippen LogP contribution >= 0.6 is 0 Å². The average molecular weight is 494 g/mol. The number of hydrogen-bond acceptors (Lipinski definition) is 3. The Bertz CT molecular complexity index is 908. The summed E-state index contributed by atoms with van der Waals surface area (Å²) in [6, 6.07) is 15.8. The maximum Gasteiger partial charge on any atom is 0.304 e. The molecule has 2 aromatic rings. The fraction of sp³-hybridized carbons (Fsp3) is 0.516. The van der Waals surface area contributed by atoms with Gasteiger partial charge in [0.25, 0.3) is 0 Å². The van der Waals surface area contributed by atoms with Gasteiger partial charge in [-0.1, -0.05) is 114 Å². The van der Waals surface area contributed by atoms with Gasteiger partial charge in [-0.2, -0.15) is 0 Å². The number of unbranched alkanes of at least 4 members (excludes halogenated alkanes) is 11. The number of benzene rings is 2. The van der Waals surface area contributed by atoms with Crippen molar-refractivity contribution in [3.8, 4) is 0 Å². The van der Waals surface area contributed by atoms with E-state index in [9.17, 15) is 19.5 Å². The first-order valence-corrected chi connectivity index (χ1v) is 13.7. The van der Waals surface area contributed by atoms with E-state index in [1.54, 1.807) is 36.4 Å². The second kappa shape index (κ2) is 17.5. The molecule has 5 nitrogen and oxygen atoms in total. The first kappa shape index (κ1) is 29.3. The number of carboxylic acids is 1. The molecular formula is C31H43NO4. The van der Waals surface area contributed by atoms with E-state index in [0.29, 0.717) is 23.2 Å². The number of carbonyl (C=O) groups is 3. The molecule has 0 radical (unpaired) electrons. The zero-order valence-corrected chi connectivity index (χ0v) is 21.8. The summed E-state index contributed by atoms with van der Waals surface area (Å²) >= 11 is 0. The second-order valence-corrected chi connectivity index (χ2v) is 9.73. The van der Waals surface area contributed by atoms with E-state index in [2.05, 4.69) is 12.2 Å². The van der Waals surface area contributed by atoms with Gasteiger partial charge in [0, 0.05) is 22.7 Å². The minimum Gasteiger partial charge on any atom is -0.481 e. The van der Waals surface area contributed by atoms with Crippen molar-refractivity contribution in [2.45, 2.75) is 96.8 Å². The molecule has 0 saturated heterocycles. The van der Waals surface area contributed by atoms with E-state index < -0.39 is 11.9 Å². The predicted molar refractivity (Wildman–Crippen MR) is 146 cm³/mol. The number of ketones is 1. The summed E-state index contributed by atoms with van der Waals surface area (Å²) in [5, 5.41) is 12.1. The van der Waals surface area contributed by atoms with Gasteiger partial charge < -0.3 is 10.4 Å². The molecule has 0 aliphatic carbocycles. The fourth-order valence-electron chi connectivity index (χ4n) is 4.47. The molecule has 36 heavy (non-hydrogen) atoms. The van der Waals surface area contributed by atoms with Crippen LogP contribution < -0.4 is 5.32 Å². The van der Waals surface area contributed by atoms with E-state index in [1.807, 2.05) is 18.2 Å². The molecule has 1 amide bonds. The number of aliphatic carboxylic acids is 1. The van der Waals surface area contributed by atoms with Gasteiger partial charge in [-0.25, -0.2) is 0 Å². The highest BCUT2D eigenvalue weighted by atomic mass is 16.4. The van der Waals surface area contributed by atoms with E-state index >= 15 is 0 Å². The van der Waals surface area contributed by atoms with Crippen LogP contribution in [0.1, 0.15) is 113 Å². The number of rotatable bonds is 19. The monoisotopic (exact) mass is 493 g/mol. The summed E-state index contributed by atoms with van der Waals surface area (Å²) in [6.07, 6.45) is 15.2. The maximum absolute atomic E-state index is 12.8. The van der Waals surface area contributed by atoms with Crippen LogP contribution in [0.5, 0.6) is 0 Å². The second-order valence-electron chi connectivity index (χ2n) is 9.73. The van der Waals surface area contributed by atoms with Gasteiger partial charge in [0.1, 0.15) is 0 Å². The molecular weight excluding hydrogens is 450 g/mol. The van der Waals surface area contributed by atoms with Gasteiger partial charge >= 0.3 is 5.97 Å². The molecule has 0 aliphatic rings. The standard InChI is InChI=1S/C31H43NO4/c1-2-3-4-5-6-7-8-9-10-11-12-14-19-27(24-29(33)34)31(36)32-28-22-20-26(21-23-28)30(35)25-17-15-13-16-18-25/h13,15-18,20-23,27H,2-12,14,19,24H2,1H3,(H,32,36)(H,33,34). The Morgan fingerprint density at radius 1 is 0.694 bits per heavy atom. The first-order chi connectivity index (χ1) is 17.5. The fourth-order valence-corrected chi connectivity index (χ4v) is 4.47. The van der Waals surface area contributed by atoms with Crippen molar-refractivity contribution >= 4 is 23.3 Å². The number of carboxylic acid groups (broad SMARTS) is 1. The Hall–Kier alpha value is -2.95. The summed E-state index contributed by atoms with van der Waals surface area (Å²) in [5.74, 6) is -1.87. The summed E-state index contributed by atoms with van der Waals surface area (Å²) in [6.45, 7) is 2.24. The smallest absolute Gasteiger partial charge is 0.304 e. The Balaban J connectivity index is 1.71. The Morgan fingerprint density at radius 3 is 1.72 bits per heavy atom. The average Bonchev–Trinajstić information content (AvgIpc) is 2.89. The highest BCUT2D eigenvalue weighted by Gasteiger charge is 2.21. The van der Waals surface area contributed by atoms with Crippen molar-refractivity contribution in [2.24, 2.45) is 5.92 Å². The largest absolute Gasteiger partial charge is 0.481 e. The lowest BCUT2D eigenvalue weighted by molar-refractivity contribution is -0.140. The van der Waals surface area contributed by atoms with Crippen molar-refractivity contribution < 1.29 is 19.5 Å². The number of amides is 1. The lowest BCUT2D eigenvalue weighted by atomic mass is 9.96. The van der Waals surface area contributed by atoms with Gasteiger partial charge in [0.2, 0.25) is 5.91 Å². The van der Waals surface area contributed by atoms with Crippen molar-refractivity contribution in [3.63, 3.8) is 0 Å². The molecule has 0 aliphatic heterocycles. The van der Waals surface area contributed by atoms with Crippen molar-refractivity contribution in [1.29, 1.82) is 0 Å². The van der Waals surface area contributed by atoms with Crippen LogP contribution in [-0.2, 0) is 9.59 Å². The van der Waals surface area contributed by atoms with E-state index in [0.717, 1.165) is 19.3 Å².